The average molecular weight is 753 g/mol. The molecular weight excluding hydrogens is 717 g/mol. The van der Waals surface area contributed by atoms with Crippen LogP contribution >= 0.6 is 0 Å². The number of anilines is 3. The Morgan fingerprint density at radius 3 is 1.85 bits per heavy atom. The Hall–Kier alpha value is -7.88. The van der Waals surface area contributed by atoms with E-state index in [9.17, 15) is 0 Å². The van der Waals surface area contributed by atoms with Crippen molar-refractivity contribution < 1.29 is 4.42 Å². The zero-order valence-electron chi connectivity index (χ0n) is 32.1. The highest BCUT2D eigenvalue weighted by Crippen LogP contribution is 2.48. The molecular formula is C56H36N2O. The van der Waals surface area contributed by atoms with Crippen LogP contribution in [0.3, 0.4) is 0 Å². The molecule has 0 saturated heterocycles. The monoisotopic (exact) mass is 752 g/mol. The SMILES string of the molecule is c1ccc(-c2ccc(N(c3ccc4ccccc4c3)c3cccc4oc5cc(-c6cccc7c8ccccc8n(-c8ccccc8)c67)c6ccccc6c5c34)cc2)cc1. The van der Waals surface area contributed by atoms with Crippen LogP contribution in [0.15, 0.2) is 223 Å². The quantitative estimate of drug-likeness (QED) is 0.169. The molecule has 0 fully saturated rings. The van der Waals surface area contributed by atoms with Crippen LogP contribution in [0.1, 0.15) is 0 Å². The molecule has 3 heteroatoms. The van der Waals surface area contributed by atoms with Gasteiger partial charge in [-0.1, -0.05) is 158 Å². The van der Waals surface area contributed by atoms with Gasteiger partial charge in [-0.25, -0.2) is 0 Å². The van der Waals surface area contributed by atoms with E-state index in [-0.39, 0.29) is 0 Å². The van der Waals surface area contributed by atoms with Crippen molar-refractivity contribution in [3.8, 4) is 27.9 Å². The molecule has 10 aromatic carbocycles. The Labute approximate surface area is 341 Å². The molecule has 0 radical (unpaired) electrons. The summed E-state index contributed by atoms with van der Waals surface area (Å²) in [5.74, 6) is 0. The molecule has 0 aliphatic heterocycles. The van der Waals surface area contributed by atoms with Gasteiger partial charge in [0.15, 0.2) is 0 Å². The first-order chi connectivity index (χ1) is 29.3. The van der Waals surface area contributed by atoms with Crippen molar-refractivity contribution in [2.24, 2.45) is 0 Å². The molecule has 0 unspecified atom stereocenters. The van der Waals surface area contributed by atoms with Crippen LogP contribution in [0.2, 0.25) is 0 Å². The zero-order valence-corrected chi connectivity index (χ0v) is 32.1. The molecule has 0 N–H and O–H groups in total. The standard InChI is InChI=1S/C56H36N2O/c1-3-15-37(16-4-1)39-29-32-42(33-30-39)57(43-34-31-38-17-7-8-18-40(38)35-43)51-27-14-28-52-55(51)54-46-23-10-9-21-44(46)49(36-53(54)59-52)48-25-13-24-47-45-22-11-12-26-50(45)58(56(47)48)41-19-5-2-6-20-41/h1-36H. The number of rotatable bonds is 6. The van der Waals surface area contributed by atoms with Crippen molar-refractivity contribution >= 4 is 82.4 Å². The third kappa shape index (κ3) is 5.29. The van der Waals surface area contributed by atoms with Gasteiger partial charge in [-0.15, -0.1) is 0 Å². The van der Waals surface area contributed by atoms with Crippen LogP contribution in [0.25, 0.3) is 93.2 Å². The fraction of sp³-hybridized carbons (Fsp3) is 0. The van der Waals surface area contributed by atoms with Gasteiger partial charge in [0.25, 0.3) is 0 Å². The number of aromatic nitrogens is 1. The Morgan fingerprint density at radius 1 is 0.373 bits per heavy atom. The molecule has 0 atom stereocenters. The zero-order chi connectivity index (χ0) is 38.9. The summed E-state index contributed by atoms with van der Waals surface area (Å²) >= 11 is 0. The highest BCUT2D eigenvalue weighted by Gasteiger charge is 2.24. The minimum Gasteiger partial charge on any atom is -0.456 e. The smallest absolute Gasteiger partial charge is 0.137 e. The van der Waals surface area contributed by atoms with Crippen LogP contribution < -0.4 is 4.90 Å². The largest absolute Gasteiger partial charge is 0.456 e. The van der Waals surface area contributed by atoms with Crippen LogP contribution in [0, 0.1) is 0 Å². The lowest BCUT2D eigenvalue weighted by molar-refractivity contribution is 0.669. The Morgan fingerprint density at radius 2 is 1.02 bits per heavy atom. The second-order valence-corrected chi connectivity index (χ2v) is 15.3. The van der Waals surface area contributed by atoms with Gasteiger partial charge < -0.3 is 13.9 Å². The molecule has 0 bridgehead atoms. The number of furan rings is 1. The molecule has 12 rings (SSSR count). The lowest BCUT2D eigenvalue weighted by Crippen LogP contribution is -2.10. The predicted molar refractivity (Wildman–Crippen MR) is 249 cm³/mol. The molecule has 2 heterocycles. The summed E-state index contributed by atoms with van der Waals surface area (Å²) in [6.07, 6.45) is 0. The second kappa shape index (κ2) is 13.4. The van der Waals surface area contributed by atoms with Crippen molar-refractivity contribution in [3.05, 3.63) is 218 Å². The lowest BCUT2D eigenvalue weighted by atomic mass is 9.93. The van der Waals surface area contributed by atoms with E-state index in [1.165, 1.54) is 49.1 Å². The van der Waals surface area contributed by atoms with Gasteiger partial charge in [0.05, 0.1) is 22.1 Å². The predicted octanol–water partition coefficient (Wildman–Crippen LogP) is 15.8. The third-order valence-corrected chi connectivity index (χ3v) is 11.9. The van der Waals surface area contributed by atoms with E-state index in [1.54, 1.807) is 0 Å². The van der Waals surface area contributed by atoms with Crippen molar-refractivity contribution in [2.75, 3.05) is 4.90 Å². The molecule has 0 saturated carbocycles. The van der Waals surface area contributed by atoms with Crippen LogP contribution in [-0.2, 0) is 0 Å². The van der Waals surface area contributed by atoms with Gasteiger partial charge in [-0.3, -0.25) is 0 Å². The summed E-state index contributed by atoms with van der Waals surface area (Å²) in [7, 11) is 0. The Balaban J connectivity index is 1.13. The van der Waals surface area contributed by atoms with Crippen LogP contribution in [0.5, 0.6) is 0 Å². The highest BCUT2D eigenvalue weighted by atomic mass is 16.3. The first kappa shape index (κ1) is 33.3. The molecule has 59 heavy (non-hydrogen) atoms. The summed E-state index contributed by atoms with van der Waals surface area (Å²) in [5.41, 5.74) is 13.1. The fourth-order valence-electron chi connectivity index (χ4n) is 9.33. The van der Waals surface area contributed by atoms with Crippen LogP contribution in [-0.4, -0.2) is 4.57 Å². The lowest BCUT2D eigenvalue weighted by Gasteiger charge is -2.27. The van der Waals surface area contributed by atoms with Gasteiger partial charge in [-0.2, -0.15) is 0 Å². The van der Waals surface area contributed by atoms with E-state index in [2.05, 4.69) is 228 Å². The second-order valence-electron chi connectivity index (χ2n) is 15.3. The summed E-state index contributed by atoms with van der Waals surface area (Å²) in [4.78, 5) is 2.39. The maximum Gasteiger partial charge on any atom is 0.137 e. The maximum absolute atomic E-state index is 6.98. The summed E-state index contributed by atoms with van der Waals surface area (Å²) < 4.78 is 9.40. The van der Waals surface area contributed by atoms with E-state index in [0.29, 0.717) is 0 Å². The van der Waals surface area contributed by atoms with Crippen molar-refractivity contribution in [3.63, 3.8) is 0 Å². The third-order valence-electron chi connectivity index (χ3n) is 11.9. The molecule has 0 spiro atoms. The molecule has 0 aliphatic carbocycles. The van der Waals surface area contributed by atoms with Gasteiger partial charge in [0.1, 0.15) is 11.2 Å². The number of para-hydroxylation sites is 3. The first-order valence-electron chi connectivity index (χ1n) is 20.2. The average Bonchev–Trinajstić information content (AvgIpc) is 3.86. The normalized spacial score (nSPS) is 11.7. The van der Waals surface area contributed by atoms with Gasteiger partial charge >= 0.3 is 0 Å². The highest BCUT2D eigenvalue weighted by molar-refractivity contribution is 6.27. The molecule has 3 nitrogen and oxygen atoms in total. The minimum atomic E-state index is 0.850. The number of fused-ring (bicyclic) bond motifs is 9. The number of nitrogens with zero attached hydrogens (tertiary/aromatic N) is 2. The van der Waals surface area contributed by atoms with E-state index >= 15 is 0 Å². The van der Waals surface area contributed by atoms with Gasteiger partial charge in [0, 0.05) is 38.8 Å². The number of benzene rings is 10. The maximum atomic E-state index is 6.98. The molecule has 0 amide bonds. The van der Waals surface area contributed by atoms with Crippen molar-refractivity contribution in [1.29, 1.82) is 0 Å². The Kier molecular flexibility index (Phi) is 7.54. The van der Waals surface area contributed by atoms with E-state index in [4.69, 9.17) is 4.42 Å². The number of hydrogen-bond donors (Lipinski definition) is 0. The van der Waals surface area contributed by atoms with E-state index < -0.39 is 0 Å². The summed E-state index contributed by atoms with van der Waals surface area (Å²) in [6, 6.07) is 78.5. The Bertz CT molecular complexity index is 3540. The molecule has 2 aromatic heterocycles. The summed E-state index contributed by atoms with van der Waals surface area (Å²) in [5, 5.41) is 9.39. The van der Waals surface area contributed by atoms with E-state index in [1.807, 2.05) is 0 Å². The minimum absolute atomic E-state index is 0.850. The topological polar surface area (TPSA) is 21.3 Å². The van der Waals surface area contributed by atoms with Gasteiger partial charge in [-0.05, 0) is 98.9 Å². The number of hydrogen-bond acceptors (Lipinski definition) is 2. The summed E-state index contributed by atoms with van der Waals surface area (Å²) in [6.45, 7) is 0. The molecule has 0 aliphatic rings. The molecule has 12 aromatic rings. The first-order valence-corrected chi connectivity index (χ1v) is 20.2. The van der Waals surface area contributed by atoms with Gasteiger partial charge in [0.2, 0.25) is 0 Å². The fourth-order valence-corrected chi connectivity index (χ4v) is 9.33. The molecule has 276 valence electrons. The van der Waals surface area contributed by atoms with Crippen LogP contribution in [0.4, 0.5) is 17.1 Å². The van der Waals surface area contributed by atoms with Crippen molar-refractivity contribution in [1.82, 2.24) is 4.57 Å². The van der Waals surface area contributed by atoms with Crippen molar-refractivity contribution in [2.45, 2.75) is 0 Å². The van der Waals surface area contributed by atoms with E-state index in [0.717, 1.165) is 61.2 Å².